The number of unbranched alkanes of at least 4 members (excludes halogenated alkanes) is 44. The highest BCUT2D eigenvalue weighted by atomic mass is 16.5. The van der Waals surface area contributed by atoms with Gasteiger partial charge in [0.25, 0.3) is 0 Å². The monoisotopic (exact) mass is 998 g/mol. The average molecular weight is 999 g/mol. The molecule has 0 aliphatic carbocycles. The number of aliphatic hydroxyl groups excluding tert-OH is 2. The van der Waals surface area contributed by atoms with Crippen LogP contribution in [-0.4, -0.2) is 47.4 Å². The second-order valence-electron chi connectivity index (χ2n) is 21.7. The summed E-state index contributed by atoms with van der Waals surface area (Å²) in [6.07, 6.45) is 76.5. The maximum absolute atomic E-state index is 12.4. The summed E-state index contributed by atoms with van der Waals surface area (Å²) in [5, 5.41) is 23.0. The summed E-state index contributed by atoms with van der Waals surface area (Å²) >= 11 is 0. The molecule has 0 saturated carbocycles. The normalized spacial score (nSPS) is 12.8. The third-order valence-electron chi connectivity index (χ3n) is 14.7. The Hall–Kier alpha value is -1.92. The van der Waals surface area contributed by atoms with E-state index in [4.69, 9.17) is 4.74 Å². The zero-order valence-corrected chi connectivity index (χ0v) is 47.7. The van der Waals surface area contributed by atoms with E-state index in [1.54, 1.807) is 6.08 Å². The molecule has 0 rings (SSSR count). The van der Waals surface area contributed by atoms with Crippen LogP contribution >= 0.6 is 0 Å². The van der Waals surface area contributed by atoms with E-state index in [9.17, 15) is 19.8 Å². The van der Waals surface area contributed by atoms with Gasteiger partial charge in [0.15, 0.2) is 0 Å². The van der Waals surface area contributed by atoms with Crippen LogP contribution in [0.25, 0.3) is 0 Å². The van der Waals surface area contributed by atoms with Crippen molar-refractivity contribution in [3.8, 4) is 0 Å². The van der Waals surface area contributed by atoms with Crippen molar-refractivity contribution in [2.24, 2.45) is 0 Å². The van der Waals surface area contributed by atoms with Crippen molar-refractivity contribution in [1.82, 2.24) is 5.32 Å². The molecule has 0 aliphatic heterocycles. The zero-order chi connectivity index (χ0) is 51.4. The highest BCUT2D eigenvalue weighted by Gasteiger charge is 2.18. The first-order valence-corrected chi connectivity index (χ1v) is 31.8. The molecule has 6 heteroatoms. The zero-order valence-electron chi connectivity index (χ0n) is 47.7. The lowest BCUT2D eigenvalue weighted by atomic mass is 10.0. The maximum atomic E-state index is 12.4. The predicted octanol–water partition coefficient (Wildman–Crippen LogP) is 20.0. The number of aliphatic hydroxyl groups is 2. The summed E-state index contributed by atoms with van der Waals surface area (Å²) in [5.74, 6) is -0.0603. The van der Waals surface area contributed by atoms with Crippen molar-refractivity contribution in [2.45, 2.75) is 353 Å². The van der Waals surface area contributed by atoms with Crippen molar-refractivity contribution >= 4 is 11.9 Å². The number of hydrogen-bond acceptors (Lipinski definition) is 5. The number of allylic oxidation sites excluding steroid dienone is 5. The van der Waals surface area contributed by atoms with Crippen LogP contribution < -0.4 is 5.32 Å². The molecule has 71 heavy (non-hydrogen) atoms. The molecule has 0 aromatic heterocycles. The number of rotatable bonds is 59. The van der Waals surface area contributed by atoms with Crippen molar-refractivity contribution in [2.75, 3.05) is 13.2 Å². The lowest BCUT2D eigenvalue weighted by Gasteiger charge is -2.20. The van der Waals surface area contributed by atoms with E-state index in [-0.39, 0.29) is 18.5 Å². The van der Waals surface area contributed by atoms with Crippen molar-refractivity contribution in [1.29, 1.82) is 0 Å². The number of esters is 1. The molecular formula is C65H123NO5. The van der Waals surface area contributed by atoms with Gasteiger partial charge < -0.3 is 20.3 Å². The van der Waals surface area contributed by atoms with Crippen molar-refractivity contribution < 1.29 is 24.5 Å². The fourth-order valence-corrected chi connectivity index (χ4v) is 9.77. The molecule has 0 aromatic rings. The Kier molecular flexibility index (Phi) is 59.0. The fraction of sp³-hybridized carbons (Fsp3) is 0.877. The predicted molar refractivity (Wildman–Crippen MR) is 310 cm³/mol. The van der Waals surface area contributed by atoms with Crippen LogP contribution in [0.2, 0.25) is 0 Å². The molecule has 2 unspecified atom stereocenters. The first-order valence-electron chi connectivity index (χ1n) is 31.8. The Bertz CT molecular complexity index is 1150. The van der Waals surface area contributed by atoms with Crippen LogP contribution in [0.4, 0.5) is 0 Å². The van der Waals surface area contributed by atoms with Crippen LogP contribution in [0.15, 0.2) is 36.5 Å². The molecule has 0 saturated heterocycles. The smallest absolute Gasteiger partial charge is 0.305 e. The number of nitrogens with one attached hydrogen (secondary N) is 1. The van der Waals surface area contributed by atoms with Crippen LogP contribution in [0, 0.1) is 0 Å². The quantitative estimate of drug-likeness (QED) is 0.0321. The van der Waals surface area contributed by atoms with Gasteiger partial charge in [-0.15, -0.1) is 0 Å². The minimum atomic E-state index is -0.839. The summed E-state index contributed by atoms with van der Waals surface area (Å²) in [6, 6.07) is -0.622. The number of hydrogen-bond donors (Lipinski definition) is 3. The van der Waals surface area contributed by atoms with Gasteiger partial charge in [-0.1, -0.05) is 307 Å². The Labute approximate surface area is 443 Å². The first-order chi connectivity index (χ1) is 35.0. The SMILES string of the molecule is CCCC/C=C\C/C=C\CCCCCCCC(=O)OCCCCCCCCCCCCCCCCCCCCCCCCCCCCCCCCCC(=O)NC(CO)C(O)/C=C/CCCCCCCCC. The van der Waals surface area contributed by atoms with E-state index >= 15 is 0 Å². The fourth-order valence-electron chi connectivity index (χ4n) is 9.77. The Morgan fingerprint density at radius 3 is 1.11 bits per heavy atom. The third-order valence-corrected chi connectivity index (χ3v) is 14.7. The van der Waals surface area contributed by atoms with Crippen LogP contribution in [0.3, 0.4) is 0 Å². The largest absolute Gasteiger partial charge is 0.466 e. The standard InChI is InChI=1S/C65H123NO5/c1-3-5-7-9-11-13-14-15-36-39-43-47-51-55-59-65(70)71-60-56-52-48-44-40-37-34-32-30-28-26-24-22-20-18-16-17-19-21-23-25-27-29-31-33-35-38-42-46-50-54-58-64(69)66-62(61-67)63(68)57-53-49-45-41-12-10-8-6-4-2/h9,11,14-15,53,57,62-63,67-68H,3-8,10,12-13,16-52,54-56,58-61H2,1-2H3,(H,66,69)/b11-9-,15-14-,57-53+. The van der Waals surface area contributed by atoms with Crippen LogP contribution in [-0.2, 0) is 14.3 Å². The summed E-state index contributed by atoms with van der Waals surface area (Å²) in [6.45, 7) is 4.84. The second kappa shape index (κ2) is 60.6. The van der Waals surface area contributed by atoms with Gasteiger partial charge in [0.2, 0.25) is 5.91 Å². The molecule has 1 amide bonds. The van der Waals surface area contributed by atoms with Gasteiger partial charge in [0.1, 0.15) is 0 Å². The first kappa shape index (κ1) is 69.1. The van der Waals surface area contributed by atoms with E-state index < -0.39 is 12.1 Å². The average Bonchev–Trinajstić information content (AvgIpc) is 3.37. The second-order valence-corrected chi connectivity index (χ2v) is 21.7. The highest BCUT2D eigenvalue weighted by Crippen LogP contribution is 2.18. The van der Waals surface area contributed by atoms with Gasteiger partial charge in [-0.2, -0.15) is 0 Å². The van der Waals surface area contributed by atoms with Gasteiger partial charge in [-0.25, -0.2) is 0 Å². The van der Waals surface area contributed by atoms with E-state index in [2.05, 4.69) is 43.5 Å². The van der Waals surface area contributed by atoms with Gasteiger partial charge in [-0.05, 0) is 57.8 Å². The molecule has 418 valence electrons. The molecule has 0 aromatic carbocycles. The number of amides is 1. The Morgan fingerprint density at radius 1 is 0.394 bits per heavy atom. The lowest BCUT2D eigenvalue weighted by molar-refractivity contribution is -0.143. The minimum absolute atomic E-state index is 0.00551. The van der Waals surface area contributed by atoms with E-state index in [1.807, 2.05) is 6.08 Å². The molecule has 0 aliphatic rings. The topological polar surface area (TPSA) is 95.9 Å². The van der Waals surface area contributed by atoms with Gasteiger partial charge in [-0.3, -0.25) is 9.59 Å². The molecule has 0 bridgehead atoms. The van der Waals surface area contributed by atoms with Crippen LogP contribution in [0.5, 0.6) is 0 Å². The highest BCUT2D eigenvalue weighted by molar-refractivity contribution is 5.76. The van der Waals surface area contributed by atoms with Crippen molar-refractivity contribution in [3.05, 3.63) is 36.5 Å². The molecule has 2 atom stereocenters. The minimum Gasteiger partial charge on any atom is -0.466 e. The van der Waals surface area contributed by atoms with Gasteiger partial charge in [0.05, 0.1) is 25.4 Å². The number of carbonyl (C=O) groups excluding carboxylic acids is 2. The lowest BCUT2D eigenvalue weighted by Crippen LogP contribution is -2.45. The van der Waals surface area contributed by atoms with E-state index in [1.165, 1.54) is 263 Å². The molecule has 0 fully saturated rings. The Morgan fingerprint density at radius 2 is 0.718 bits per heavy atom. The molecule has 3 N–H and O–H groups in total. The number of carbonyl (C=O) groups is 2. The molecule has 0 radical (unpaired) electrons. The molecule has 0 heterocycles. The summed E-state index contributed by atoms with van der Waals surface area (Å²) in [7, 11) is 0. The van der Waals surface area contributed by atoms with Gasteiger partial charge in [0, 0.05) is 12.8 Å². The van der Waals surface area contributed by atoms with Crippen molar-refractivity contribution in [3.63, 3.8) is 0 Å². The summed E-state index contributed by atoms with van der Waals surface area (Å²) in [5.41, 5.74) is 0. The third kappa shape index (κ3) is 57.2. The van der Waals surface area contributed by atoms with E-state index in [0.717, 1.165) is 51.4 Å². The van der Waals surface area contributed by atoms with Crippen LogP contribution in [0.1, 0.15) is 341 Å². The Balaban J connectivity index is 3.31. The molecule has 0 spiro atoms. The number of ether oxygens (including phenoxy) is 1. The molecular weight excluding hydrogens is 875 g/mol. The summed E-state index contributed by atoms with van der Waals surface area (Å²) < 4.78 is 5.48. The maximum Gasteiger partial charge on any atom is 0.305 e. The van der Waals surface area contributed by atoms with Gasteiger partial charge >= 0.3 is 5.97 Å². The molecule has 6 nitrogen and oxygen atoms in total. The summed E-state index contributed by atoms with van der Waals surface area (Å²) in [4.78, 5) is 24.4. The van der Waals surface area contributed by atoms with E-state index in [0.29, 0.717) is 19.4 Å².